The van der Waals surface area contributed by atoms with Gasteiger partial charge in [0.1, 0.15) is 6.10 Å². The first-order chi connectivity index (χ1) is 17.4. The Kier molecular flexibility index (Phi) is 5.31. The van der Waals surface area contributed by atoms with Crippen LogP contribution < -0.4 is 0 Å². The number of aliphatic hydroxyl groups excluding tert-OH is 1. The van der Waals surface area contributed by atoms with E-state index in [1.165, 1.54) is 64.8 Å². The van der Waals surface area contributed by atoms with Crippen molar-refractivity contribution in [2.24, 2.45) is 45.8 Å². The highest BCUT2D eigenvalue weighted by Crippen LogP contribution is 2.79. The summed E-state index contributed by atoms with van der Waals surface area (Å²) in [6, 6.07) is 0.713. The van der Waals surface area contributed by atoms with Crippen LogP contribution in [0.25, 0.3) is 0 Å². The molecule has 0 aromatic carbocycles. The van der Waals surface area contributed by atoms with E-state index in [2.05, 4.69) is 39.5 Å². The Labute approximate surface area is 224 Å². The minimum Gasteiger partial charge on any atom is -0.462 e. The van der Waals surface area contributed by atoms with E-state index in [9.17, 15) is 9.90 Å². The summed E-state index contributed by atoms with van der Waals surface area (Å²) in [5, 5.41) is 11.3. The molecule has 3 saturated carbocycles. The monoisotopic (exact) mass is 513 g/mol. The van der Waals surface area contributed by atoms with Crippen LogP contribution >= 0.6 is 0 Å². The highest BCUT2D eigenvalue weighted by molar-refractivity contribution is 5.66. The Morgan fingerprint density at radius 3 is 2.59 bits per heavy atom. The molecule has 1 N–H and O–H groups in total. The van der Waals surface area contributed by atoms with Gasteiger partial charge in [-0.3, -0.25) is 9.69 Å². The summed E-state index contributed by atoms with van der Waals surface area (Å²) >= 11 is 0. The summed E-state index contributed by atoms with van der Waals surface area (Å²) in [5.74, 6) is 3.13. The van der Waals surface area contributed by atoms with Crippen molar-refractivity contribution in [3.8, 4) is 0 Å². The molecule has 5 heteroatoms. The summed E-state index contributed by atoms with van der Waals surface area (Å²) in [5.41, 5.74) is 0.348. The van der Waals surface area contributed by atoms with Crippen molar-refractivity contribution < 1.29 is 19.4 Å². The molecular weight excluding hydrogens is 462 g/mol. The summed E-state index contributed by atoms with van der Waals surface area (Å²) < 4.78 is 12.3. The standard InChI is InChI=1S/C32H51NO4/c1-19(2)22-10-14-28(4)21-9-16-31-13-7-8-24(31)32(28,26(22)33(31)18-21)17-11-23-29(5)15-12-25(36-20(3)34)30(23,6)27(35)37-29/h19,21-27,35H,7-18H2,1-6H3/t21-,22-,23+,24-,25+,26-,27+,28+,29+,30+,31-,32+/m1/s1. The molecular formula is C32H51NO4. The van der Waals surface area contributed by atoms with Gasteiger partial charge in [0.05, 0.1) is 11.0 Å². The Balaban J connectivity index is 1.30. The lowest BCUT2D eigenvalue weighted by molar-refractivity contribution is -0.188. The van der Waals surface area contributed by atoms with Crippen molar-refractivity contribution in [3.05, 3.63) is 0 Å². The lowest BCUT2D eigenvalue weighted by Gasteiger charge is -2.67. The molecule has 0 aromatic heterocycles. The maximum absolute atomic E-state index is 12.1. The predicted octanol–water partition coefficient (Wildman–Crippen LogP) is 5.93. The average molecular weight is 514 g/mol. The predicted molar refractivity (Wildman–Crippen MR) is 143 cm³/mol. The molecule has 13 atom stereocenters. The van der Waals surface area contributed by atoms with Crippen LogP contribution in [0.1, 0.15) is 112 Å². The van der Waals surface area contributed by atoms with E-state index in [0.29, 0.717) is 22.4 Å². The Morgan fingerprint density at radius 2 is 1.86 bits per heavy atom. The van der Waals surface area contributed by atoms with Crippen LogP contribution in [0.15, 0.2) is 0 Å². The van der Waals surface area contributed by atoms with E-state index in [4.69, 9.17) is 9.47 Å². The molecule has 7 fully saturated rings. The van der Waals surface area contributed by atoms with E-state index < -0.39 is 11.7 Å². The first-order valence-electron chi connectivity index (χ1n) is 15.7. The Hall–Kier alpha value is -0.650. The van der Waals surface area contributed by atoms with E-state index in [1.807, 2.05) is 0 Å². The molecule has 3 aliphatic carbocycles. The van der Waals surface area contributed by atoms with Crippen molar-refractivity contribution in [2.45, 2.75) is 142 Å². The Morgan fingerprint density at radius 1 is 1.08 bits per heavy atom. The van der Waals surface area contributed by atoms with Gasteiger partial charge < -0.3 is 14.6 Å². The molecule has 1 unspecified atom stereocenters. The van der Waals surface area contributed by atoms with Crippen LogP contribution in [-0.2, 0) is 14.3 Å². The number of hydrogen-bond acceptors (Lipinski definition) is 5. The molecule has 4 heterocycles. The van der Waals surface area contributed by atoms with Crippen LogP contribution in [0, 0.1) is 45.8 Å². The minimum absolute atomic E-state index is 0.204. The van der Waals surface area contributed by atoms with Gasteiger partial charge >= 0.3 is 5.97 Å². The van der Waals surface area contributed by atoms with E-state index in [0.717, 1.165) is 42.9 Å². The van der Waals surface area contributed by atoms with Crippen LogP contribution in [-0.4, -0.2) is 52.1 Å². The van der Waals surface area contributed by atoms with Gasteiger partial charge in [0.25, 0.3) is 0 Å². The number of piperidine rings is 2. The topological polar surface area (TPSA) is 59.0 Å². The first kappa shape index (κ1) is 25.3. The lowest BCUT2D eigenvalue weighted by atomic mass is 9.41. The lowest BCUT2D eigenvalue weighted by Crippen LogP contribution is -2.68. The number of rotatable bonds is 5. The van der Waals surface area contributed by atoms with Crippen molar-refractivity contribution in [3.63, 3.8) is 0 Å². The zero-order valence-electron chi connectivity index (χ0n) is 24.2. The van der Waals surface area contributed by atoms with Crippen molar-refractivity contribution >= 4 is 5.97 Å². The summed E-state index contributed by atoms with van der Waals surface area (Å²) in [6.07, 6.45) is 12.7. The fourth-order valence-electron chi connectivity index (χ4n) is 13.0. The molecule has 0 radical (unpaired) electrons. The molecule has 4 saturated heterocycles. The van der Waals surface area contributed by atoms with Gasteiger partial charge in [0.15, 0.2) is 6.29 Å². The van der Waals surface area contributed by atoms with Crippen LogP contribution in [0.2, 0.25) is 0 Å². The maximum Gasteiger partial charge on any atom is 0.302 e. The normalized spacial score (nSPS) is 59.1. The molecule has 0 amide bonds. The van der Waals surface area contributed by atoms with E-state index in [1.54, 1.807) is 0 Å². The fraction of sp³-hybridized carbons (Fsp3) is 0.969. The van der Waals surface area contributed by atoms with Crippen LogP contribution in [0.4, 0.5) is 0 Å². The zero-order valence-corrected chi connectivity index (χ0v) is 24.2. The number of carbonyl (C=O) groups is 1. The third kappa shape index (κ3) is 2.81. The quantitative estimate of drug-likeness (QED) is 0.462. The molecule has 1 spiro atoms. The third-order valence-electron chi connectivity index (χ3n) is 14.5. The van der Waals surface area contributed by atoms with Gasteiger partial charge in [0.2, 0.25) is 0 Å². The second-order valence-electron chi connectivity index (χ2n) is 15.7. The fourth-order valence-corrected chi connectivity index (χ4v) is 13.0. The Bertz CT molecular complexity index is 984. The average Bonchev–Trinajstić information content (AvgIpc) is 3.35. The van der Waals surface area contributed by atoms with Crippen LogP contribution in [0.5, 0.6) is 0 Å². The number of aliphatic hydroxyl groups is 1. The van der Waals surface area contributed by atoms with Gasteiger partial charge in [0, 0.05) is 31.0 Å². The maximum atomic E-state index is 12.1. The zero-order chi connectivity index (χ0) is 26.2. The van der Waals surface area contributed by atoms with E-state index in [-0.39, 0.29) is 23.6 Å². The van der Waals surface area contributed by atoms with Crippen LogP contribution in [0.3, 0.4) is 0 Å². The highest BCUT2D eigenvalue weighted by Gasteiger charge is 2.80. The second-order valence-corrected chi connectivity index (χ2v) is 15.7. The SMILES string of the molecule is CC(=O)O[C@H]1CC[C@]2(C)O[C@H](O)[C@@]1(C)[C@H]2CC[C@]12[C@@H]3CCC[C@@]34CC[C@@H]3CN4[C@@H]1[C@@H](C(C)C)CC[C@@]32C. The van der Waals surface area contributed by atoms with Crippen molar-refractivity contribution in [2.75, 3.05) is 6.54 Å². The number of esters is 1. The molecule has 208 valence electrons. The molecule has 37 heavy (non-hydrogen) atoms. The number of fused-ring (bicyclic) bond motifs is 4. The number of nitrogens with zero attached hydrogens (tertiary/aromatic N) is 1. The smallest absolute Gasteiger partial charge is 0.302 e. The largest absolute Gasteiger partial charge is 0.462 e. The van der Waals surface area contributed by atoms with Gasteiger partial charge in [-0.05, 0) is 106 Å². The van der Waals surface area contributed by atoms with Crippen molar-refractivity contribution in [1.29, 1.82) is 0 Å². The number of carbonyl (C=O) groups excluding carboxylic acids is 1. The van der Waals surface area contributed by atoms with Gasteiger partial charge in [-0.25, -0.2) is 0 Å². The number of ether oxygens (including phenoxy) is 2. The minimum atomic E-state index is -0.870. The molecule has 7 bridgehead atoms. The summed E-state index contributed by atoms with van der Waals surface area (Å²) in [6.45, 7) is 14.9. The number of hydrogen-bond donors (Lipinski definition) is 1. The first-order valence-corrected chi connectivity index (χ1v) is 15.7. The third-order valence-corrected chi connectivity index (χ3v) is 14.5. The molecule has 7 rings (SSSR count). The van der Waals surface area contributed by atoms with Crippen molar-refractivity contribution in [1.82, 2.24) is 4.90 Å². The second kappa shape index (κ2) is 7.75. The molecule has 7 aliphatic rings. The van der Waals surface area contributed by atoms with Gasteiger partial charge in [-0.15, -0.1) is 0 Å². The van der Waals surface area contributed by atoms with Gasteiger partial charge in [-0.2, -0.15) is 0 Å². The molecule has 4 aliphatic heterocycles. The summed E-state index contributed by atoms with van der Waals surface area (Å²) in [7, 11) is 0. The molecule has 0 aromatic rings. The molecule has 5 nitrogen and oxygen atoms in total. The van der Waals surface area contributed by atoms with Gasteiger partial charge in [-0.1, -0.05) is 34.1 Å². The van der Waals surface area contributed by atoms with E-state index >= 15 is 0 Å². The highest BCUT2D eigenvalue weighted by atomic mass is 16.6. The summed E-state index contributed by atoms with van der Waals surface area (Å²) in [4.78, 5) is 15.2.